The quantitative estimate of drug-likeness (QED) is 0.593. The number of rotatable bonds is 7. The molecule has 0 saturated heterocycles. The lowest BCUT2D eigenvalue weighted by Gasteiger charge is -2.06. The van der Waals surface area contributed by atoms with Crippen molar-refractivity contribution in [3.05, 3.63) is 35.7 Å². The van der Waals surface area contributed by atoms with Crippen molar-refractivity contribution in [3.8, 4) is 0 Å². The fraction of sp³-hybridized carbons (Fsp3) is 0.333. The molecule has 0 bridgehead atoms. The van der Waals surface area contributed by atoms with Crippen LogP contribution in [-0.2, 0) is 9.59 Å². The van der Waals surface area contributed by atoms with Crippen molar-refractivity contribution in [2.45, 2.75) is 32.6 Å². The summed E-state index contributed by atoms with van der Waals surface area (Å²) in [5, 5.41) is 11.1. The lowest BCUT2D eigenvalue weighted by Crippen LogP contribution is -2.11. The number of carboxylic acids is 1. The van der Waals surface area contributed by atoms with Crippen molar-refractivity contribution >= 4 is 23.6 Å². The predicted molar refractivity (Wildman–Crippen MR) is 75.8 cm³/mol. The number of aliphatic carboxylic acids is 1. The number of hydrogen-bond donors (Lipinski definition) is 2. The van der Waals surface area contributed by atoms with Gasteiger partial charge in [-0.2, -0.15) is 0 Å². The first-order valence-electron chi connectivity index (χ1n) is 6.53. The first-order chi connectivity index (χ1) is 9.52. The van der Waals surface area contributed by atoms with Gasteiger partial charge in [-0.05, 0) is 30.7 Å². The van der Waals surface area contributed by atoms with Gasteiger partial charge in [-0.15, -0.1) is 0 Å². The van der Waals surface area contributed by atoms with Crippen LogP contribution >= 0.6 is 0 Å². The molecule has 1 aromatic rings. The Labute approximate surface area is 117 Å². The van der Waals surface area contributed by atoms with Crippen LogP contribution in [0.2, 0.25) is 0 Å². The molecule has 108 valence electrons. The van der Waals surface area contributed by atoms with E-state index in [-0.39, 0.29) is 11.5 Å². The van der Waals surface area contributed by atoms with E-state index in [1.165, 1.54) is 18.2 Å². The van der Waals surface area contributed by atoms with Crippen LogP contribution in [0.3, 0.4) is 0 Å². The normalized spacial score (nSPS) is 10.7. The zero-order valence-corrected chi connectivity index (χ0v) is 11.4. The highest BCUT2D eigenvalue weighted by Crippen LogP contribution is 2.16. The Balaban J connectivity index is 2.63. The molecule has 0 fully saturated rings. The second-order valence-corrected chi connectivity index (χ2v) is 4.41. The van der Waals surface area contributed by atoms with Gasteiger partial charge in [0.25, 0.3) is 0 Å². The Bertz CT molecular complexity index is 512. The van der Waals surface area contributed by atoms with Crippen LogP contribution in [-0.4, -0.2) is 17.0 Å². The van der Waals surface area contributed by atoms with Gasteiger partial charge in [-0.3, -0.25) is 4.79 Å². The highest BCUT2D eigenvalue weighted by Gasteiger charge is 2.05. The third-order valence-corrected chi connectivity index (χ3v) is 2.70. The van der Waals surface area contributed by atoms with Crippen molar-refractivity contribution in [2.24, 2.45) is 0 Å². The highest BCUT2D eigenvalue weighted by atomic mass is 19.1. The maximum atomic E-state index is 13.7. The minimum Gasteiger partial charge on any atom is -0.478 e. The first-order valence-corrected chi connectivity index (χ1v) is 6.53. The molecule has 1 rings (SSSR count). The molecule has 0 aliphatic heterocycles. The summed E-state index contributed by atoms with van der Waals surface area (Å²) < 4.78 is 13.7. The fourth-order valence-corrected chi connectivity index (χ4v) is 1.66. The molecule has 4 nitrogen and oxygen atoms in total. The molecule has 20 heavy (non-hydrogen) atoms. The molecule has 5 heteroatoms. The Morgan fingerprint density at radius 3 is 2.70 bits per heavy atom. The molecule has 0 heterocycles. The summed E-state index contributed by atoms with van der Waals surface area (Å²) in [6, 6.07) is 4.15. The second kappa shape index (κ2) is 8.09. The highest BCUT2D eigenvalue weighted by molar-refractivity contribution is 5.91. The molecule has 2 N–H and O–H groups in total. The standard InChI is InChI=1S/C15H18FNO3/c1-2-3-4-5-14(18)17-12-8-6-11(13(16)10-12)7-9-15(19)20/h6-10H,2-5H2,1H3,(H,17,18)(H,19,20). The van der Waals surface area contributed by atoms with Crippen molar-refractivity contribution in [1.82, 2.24) is 0 Å². The average molecular weight is 279 g/mol. The van der Waals surface area contributed by atoms with E-state index < -0.39 is 11.8 Å². The molecular formula is C15H18FNO3. The van der Waals surface area contributed by atoms with Crippen molar-refractivity contribution < 1.29 is 19.1 Å². The molecule has 0 unspecified atom stereocenters. The predicted octanol–water partition coefficient (Wildman–Crippen LogP) is 3.44. The molecular weight excluding hydrogens is 261 g/mol. The Morgan fingerprint density at radius 1 is 1.35 bits per heavy atom. The minimum absolute atomic E-state index is 0.147. The van der Waals surface area contributed by atoms with E-state index in [9.17, 15) is 14.0 Å². The summed E-state index contributed by atoms with van der Waals surface area (Å²) in [5.41, 5.74) is 0.535. The molecule has 0 aliphatic carbocycles. The maximum Gasteiger partial charge on any atom is 0.328 e. The third-order valence-electron chi connectivity index (χ3n) is 2.70. The van der Waals surface area contributed by atoms with Gasteiger partial charge >= 0.3 is 5.97 Å². The van der Waals surface area contributed by atoms with Gasteiger partial charge in [0.05, 0.1) is 0 Å². The van der Waals surface area contributed by atoms with Crippen LogP contribution in [0.4, 0.5) is 10.1 Å². The molecule has 0 radical (unpaired) electrons. The SMILES string of the molecule is CCCCCC(=O)Nc1ccc(C=CC(=O)O)c(F)c1. The number of carbonyl (C=O) groups is 2. The van der Waals surface area contributed by atoms with E-state index in [0.29, 0.717) is 12.1 Å². The van der Waals surface area contributed by atoms with E-state index >= 15 is 0 Å². The van der Waals surface area contributed by atoms with Crippen LogP contribution in [0.25, 0.3) is 6.08 Å². The Hall–Kier alpha value is -2.17. The van der Waals surface area contributed by atoms with Crippen LogP contribution in [0.5, 0.6) is 0 Å². The third kappa shape index (κ3) is 5.65. The van der Waals surface area contributed by atoms with Crippen LogP contribution in [0.15, 0.2) is 24.3 Å². The maximum absolute atomic E-state index is 13.7. The largest absolute Gasteiger partial charge is 0.478 e. The van der Waals surface area contributed by atoms with Crippen LogP contribution < -0.4 is 5.32 Å². The number of unbranched alkanes of at least 4 members (excludes halogenated alkanes) is 2. The number of halogens is 1. The molecule has 0 spiro atoms. The van der Waals surface area contributed by atoms with Gasteiger partial charge in [-0.1, -0.05) is 19.8 Å². The number of carboxylic acid groups (broad SMARTS) is 1. The molecule has 1 aromatic carbocycles. The monoisotopic (exact) mass is 279 g/mol. The summed E-state index contributed by atoms with van der Waals surface area (Å²) in [4.78, 5) is 21.9. The molecule has 1 amide bonds. The van der Waals surface area contributed by atoms with E-state index in [2.05, 4.69) is 12.2 Å². The summed E-state index contributed by atoms with van der Waals surface area (Å²) in [5.74, 6) is -1.86. The van der Waals surface area contributed by atoms with E-state index in [1.807, 2.05) is 0 Å². The molecule has 0 aromatic heterocycles. The number of anilines is 1. The summed E-state index contributed by atoms with van der Waals surface area (Å²) in [7, 11) is 0. The summed E-state index contributed by atoms with van der Waals surface area (Å²) in [6.07, 6.45) is 5.28. The fourth-order valence-electron chi connectivity index (χ4n) is 1.66. The number of hydrogen-bond acceptors (Lipinski definition) is 2. The number of amides is 1. The van der Waals surface area contributed by atoms with Gasteiger partial charge in [0.1, 0.15) is 5.82 Å². The zero-order valence-electron chi connectivity index (χ0n) is 11.4. The number of nitrogens with one attached hydrogen (secondary N) is 1. The van der Waals surface area contributed by atoms with Crippen molar-refractivity contribution in [3.63, 3.8) is 0 Å². The average Bonchev–Trinajstić information content (AvgIpc) is 2.38. The molecule has 0 atom stereocenters. The lowest BCUT2D eigenvalue weighted by atomic mass is 10.1. The van der Waals surface area contributed by atoms with Gasteiger partial charge in [0, 0.05) is 23.7 Å². The van der Waals surface area contributed by atoms with Gasteiger partial charge in [-0.25, -0.2) is 9.18 Å². The van der Waals surface area contributed by atoms with Crippen molar-refractivity contribution in [2.75, 3.05) is 5.32 Å². The smallest absolute Gasteiger partial charge is 0.328 e. The molecule has 0 saturated carbocycles. The molecule has 0 aliphatic rings. The minimum atomic E-state index is -1.14. The Kier molecular flexibility index (Phi) is 6.43. The van der Waals surface area contributed by atoms with Crippen LogP contribution in [0.1, 0.15) is 38.2 Å². The first kappa shape index (κ1) is 15.9. The van der Waals surface area contributed by atoms with Gasteiger partial charge in [0.15, 0.2) is 0 Å². The number of benzene rings is 1. The van der Waals surface area contributed by atoms with E-state index in [4.69, 9.17) is 5.11 Å². The lowest BCUT2D eigenvalue weighted by molar-refractivity contribution is -0.131. The van der Waals surface area contributed by atoms with Gasteiger partial charge in [0.2, 0.25) is 5.91 Å². The number of carbonyl (C=O) groups excluding carboxylic acids is 1. The van der Waals surface area contributed by atoms with Gasteiger partial charge < -0.3 is 10.4 Å². The topological polar surface area (TPSA) is 66.4 Å². The van der Waals surface area contributed by atoms with Crippen LogP contribution in [0, 0.1) is 5.82 Å². The van der Waals surface area contributed by atoms with Crippen molar-refractivity contribution in [1.29, 1.82) is 0 Å². The van der Waals surface area contributed by atoms with E-state index in [0.717, 1.165) is 25.3 Å². The van der Waals surface area contributed by atoms with E-state index in [1.54, 1.807) is 6.07 Å². The summed E-state index contributed by atoms with van der Waals surface area (Å²) >= 11 is 0. The zero-order chi connectivity index (χ0) is 15.0. The summed E-state index contributed by atoms with van der Waals surface area (Å²) in [6.45, 7) is 2.05. The second-order valence-electron chi connectivity index (χ2n) is 4.41. The Morgan fingerprint density at radius 2 is 2.10 bits per heavy atom.